The van der Waals surface area contributed by atoms with Crippen molar-refractivity contribution in [3.63, 3.8) is 0 Å². The van der Waals surface area contributed by atoms with Crippen molar-refractivity contribution in [2.24, 2.45) is 0 Å². The van der Waals surface area contributed by atoms with E-state index in [0.29, 0.717) is 6.42 Å². The molecule has 5 heteroatoms. The van der Waals surface area contributed by atoms with E-state index in [1.165, 1.54) is 7.11 Å². The van der Waals surface area contributed by atoms with Crippen molar-refractivity contribution >= 4 is 11.9 Å². The Morgan fingerprint density at radius 3 is 2.39 bits per heavy atom. The Labute approximate surface area is 109 Å². The van der Waals surface area contributed by atoms with Crippen LogP contribution in [-0.2, 0) is 14.3 Å². The first-order chi connectivity index (χ1) is 8.37. The topological polar surface area (TPSA) is 75.6 Å². The fourth-order valence-electron chi connectivity index (χ4n) is 1.61. The molecule has 0 aliphatic carbocycles. The number of hydrogen-bond donors (Lipinski definition) is 2. The van der Waals surface area contributed by atoms with Gasteiger partial charge < -0.3 is 15.2 Å². The van der Waals surface area contributed by atoms with Gasteiger partial charge in [-0.05, 0) is 20.3 Å². The Bertz CT molecular complexity index is 280. The van der Waals surface area contributed by atoms with Crippen molar-refractivity contribution in [3.8, 4) is 0 Å². The average molecular weight is 259 g/mol. The highest BCUT2D eigenvalue weighted by atomic mass is 16.5. The molecule has 1 amide bonds. The van der Waals surface area contributed by atoms with E-state index in [4.69, 9.17) is 4.74 Å². The molecule has 0 rings (SSSR count). The summed E-state index contributed by atoms with van der Waals surface area (Å²) in [7, 11) is 1.42. The van der Waals surface area contributed by atoms with Crippen LogP contribution < -0.4 is 5.32 Å². The molecule has 0 heterocycles. The summed E-state index contributed by atoms with van der Waals surface area (Å²) in [6, 6.07) is 0. The van der Waals surface area contributed by atoms with Gasteiger partial charge >= 0.3 is 5.97 Å². The maximum atomic E-state index is 11.7. The summed E-state index contributed by atoms with van der Waals surface area (Å²) in [6.07, 6.45) is 3.74. The predicted octanol–water partition coefficient (Wildman–Crippen LogP) is 1.95. The second kappa shape index (κ2) is 8.08. The number of nitrogens with one attached hydrogen (secondary N) is 1. The Morgan fingerprint density at radius 1 is 1.33 bits per heavy atom. The Balaban J connectivity index is 4.43. The second-order valence-electron chi connectivity index (χ2n) is 4.82. The summed E-state index contributed by atoms with van der Waals surface area (Å²) in [5.74, 6) is -1.39. The lowest BCUT2D eigenvalue weighted by atomic mass is 9.93. The van der Waals surface area contributed by atoms with Gasteiger partial charge in [-0.3, -0.25) is 4.79 Å². The molecule has 0 aliphatic heterocycles. The van der Waals surface area contributed by atoms with Gasteiger partial charge in [0, 0.05) is 7.11 Å². The number of aliphatic carboxylic acids is 1. The SMILES string of the molecule is CCCCCCC(C)(NC(=O)C(C)OC)C(=O)O. The molecule has 5 nitrogen and oxygen atoms in total. The van der Waals surface area contributed by atoms with Crippen LogP contribution in [0.15, 0.2) is 0 Å². The maximum Gasteiger partial charge on any atom is 0.329 e. The molecule has 0 saturated carbocycles. The van der Waals surface area contributed by atoms with Crippen LogP contribution in [0.5, 0.6) is 0 Å². The predicted molar refractivity (Wildman–Crippen MR) is 69.4 cm³/mol. The van der Waals surface area contributed by atoms with E-state index in [-0.39, 0.29) is 0 Å². The first kappa shape index (κ1) is 16.9. The van der Waals surface area contributed by atoms with Crippen LogP contribution in [0, 0.1) is 0 Å². The van der Waals surface area contributed by atoms with Gasteiger partial charge in [-0.1, -0.05) is 32.6 Å². The molecule has 2 N–H and O–H groups in total. The monoisotopic (exact) mass is 259 g/mol. The molecule has 2 atom stereocenters. The van der Waals surface area contributed by atoms with Crippen molar-refractivity contribution < 1.29 is 19.4 Å². The molecule has 0 aromatic heterocycles. The maximum absolute atomic E-state index is 11.7. The molecule has 0 fully saturated rings. The van der Waals surface area contributed by atoms with E-state index in [2.05, 4.69) is 12.2 Å². The van der Waals surface area contributed by atoms with Crippen LogP contribution in [-0.4, -0.2) is 35.7 Å². The van der Waals surface area contributed by atoms with Crippen LogP contribution >= 0.6 is 0 Å². The average Bonchev–Trinajstić information content (AvgIpc) is 2.33. The van der Waals surface area contributed by atoms with E-state index in [1.54, 1.807) is 13.8 Å². The van der Waals surface area contributed by atoms with Crippen LogP contribution in [0.3, 0.4) is 0 Å². The number of ether oxygens (including phenoxy) is 1. The van der Waals surface area contributed by atoms with Gasteiger partial charge in [-0.15, -0.1) is 0 Å². The number of hydrogen-bond acceptors (Lipinski definition) is 3. The standard InChI is InChI=1S/C13H25NO4/c1-5-6-7-8-9-13(3,12(16)17)14-11(15)10(2)18-4/h10H,5-9H2,1-4H3,(H,14,15)(H,16,17). The van der Waals surface area contributed by atoms with E-state index < -0.39 is 23.5 Å². The van der Waals surface area contributed by atoms with Gasteiger partial charge in [0.15, 0.2) is 0 Å². The van der Waals surface area contributed by atoms with Crippen LogP contribution in [0.4, 0.5) is 0 Å². The molecule has 0 radical (unpaired) electrons. The van der Waals surface area contributed by atoms with Crippen molar-refractivity contribution in [2.45, 2.75) is 64.5 Å². The molecule has 0 spiro atoms. The van der Waals surface area contributed by atoms with E-state index in [1.807, 2.05) is 0 Å². The van der Waals surface area contributed by atoms with Gasteiger partial charge in [-0.2, -0.15) is 0 Å². The minimum atomic E-state index is -1.21. The third-order valence-electron chi connectivity index (χ3n) is 3.12. The summed E-state index contributed by atoms with van der Waals surface area (Å²) in [6.45, 7) is 5.23. The number of methoxy groups -OCH3 is 1. The Kier molecular flexibility index (Phi) is 7.59. The lowest BCUT2D eigenvalue weighted by molar-refractivity contribution is -0.149. The lowest BCUT2D eigenvalue weighted by Gasteiger charge is -2.27. The quantitative estimate of drug-likeness (QED) is 0.621. The number of unbranched alkanes of at least 4 members (excludes halogenated alkanes) is 3. The van der Waals surface area contributed by atoms with E-state index in [0.717, 1.165) is 25.7 Å². The lowest BCUT2D eigenvalue weighted by Crippen LogP contribution is -2.54. The van der Waals surface area contributed by atoms with Gasteiger partial charge in [0.05, 0.1) is 0 Å². The normalized spacial score (nSPS) is 15.8. The fraction of sp³-hybridized carbons (Fsp3) is 0.846. The van der Waals surface area contributed by atoms with Crippen molar-refractivity contribution in [1.29, 1.82) is 0 Å². The molecule has 106 valence electrons. The molecule has 0 bridgehead atoms. The molecular formula is C13H25NO4. The van der Waals surface area contributed by atoms with Crippen molar-refractivity contribution in [1.82, 2.24) is 5.32 Å². The number of carboxylic acid groups (broad SMARTS) is 1. The van der Waals surface area contributed by atoms with Crippen molar-refractivity contribution in [2.75, 3.05) is 7.11 Å². The van der Waals surface area contributed by atoms with Crippen LogP contribution in [0.2, 0.25) is 0 Å². The summed E-state index contributed by atoms with van der Waals surface area (Å²) in [5.41, 5.74) is -1.21. The molecule has 2 unspecified atom stereocenters. The van der Waals surface area contributed by atoms with Crippen molar-refractivity contribution in [3.05, 3.63) is 0 Å². The van der Waals surface area contributed by atoms with Crippen LogP contribution in [0.1, 0.15) is 52.9 Å². The number of carboxylic acids is 1. The first-order valence-electron chi connectivity index (χ1n) is 6.45. The van der Waals surface area contributed by atoms with Gasteiger partial charge in [0.25, 0.3) is 0 Å². The zero-order chi connectivity index (χ0) is 14.2. The van der Waals surface area contributed by atoms with Crippen LogP contribution in [0.25, 0.3) is 0 Å². The zero-order valence-electron chi connectivity index (χ0n) is 11.8. The highest BCUT2D eigenvalue weighted by Gasteiger charge is 2.35. The molecule has 0 aromatic rings. The third-order valence-corrected chi connectivity index (χ3v) is 3.12. The first-order valence-corrected chi connectivity index (χ1v) is 6.45. The summed E-state index contributed by atoms with van der Waals surface area (Å²) >= 11 is 0. The van der Waals surface area contributed by atoms with Gasteiger partial charge in [-0.25, -0.2) is 4.79 Å². The Hall–Kier alpha value is -1.10. The second-order valence-corrected chi connectivity index (χ2v) is 4.82. The third kappa shape index (κ3) is 5.49. The summed E-state index contributed by atoms with van der Waals surface area (Å²) < 4.78 is 4.88. The van der Waals surface area contributed by atoms with Gasteiger partial charge in [0.1, 0.15) is 11.6 Å². The van der Waals surface area contributed by atoms with E-state index >= 15 is 0 Å². The molecule has 0 aromatic carbocycles. The number of rotatable bonds is 9. The zero-order valence-corrected chi connectivity index (χ0v) is 11.8. The largest absolute Gasteiger partial charge is 0.480 e. The minimum Gasteiger partial charge on any atom is -0.480 e. The minimum absolute atomic E-state index is 0.391. The molecule has 18 heavy (non-hydrogen) atoms. The molecular weight excluding hydrogens is 234 g/mol. The fourth-order valence-corrected chi connectivity index (χ4v) is 1.61. The smallest absolute Gasteiger partial charge is 0.329 e. The Morgan fingerprint density at radius 2 is 1.94 bits per heavy atom. The number of carbonyl (C=O) groups is 2. The molecule has 0 aliphatic rings. The van der Waals surface area contributed by atoms with Gasteiger partial charge in [0.2, 0.25) is 5.91 Å². The number of carbonyl (C=O) groups excluding carboxylic acids is 1. The summed E-state index contributed by atoms with van der Waals surface area (Å²) in [5, 5.41) is 11.8. The van der Waals surface area contributed by atoms with E-state index in [9.17, 15) is 14.7 Å². The summed E-state index contributed by atoms with van der Waals surface area (Å²) in [4.78, 5) is 23.0. The highest BCUT2D eigenvalue weighted by molar-refractivity contribution is 5.88. The number of amides is 1. The highest BCUT2D eigenvalue weighted by Crippen LogP contribution is 2.16. The molecule has 0 saturated heterocycles.